The van der Waals surface area contributed by atoms with E-state index in [0.717, 1.165) is 4.57 Å². The van der Waals surface area contributed by atoms with Crippen molar-refractivity contribution < 1.29 is 4.79 Å². The summed E-state index contributed by atoms with van der Waals surface area (Å²) in [6, 6.07) is 6.88. The first-order chi connectivity index (χ1) is 12.0. The van der Waals surface area contributed by atoms with Gasteiger partial charge in [0.15, 0.2) is 0 Å². The van der Waals surface area contributed by atoms with Crippen molar-refractivity contribution in [1.82, 2.24) is 24.8 Å². The van der Waals surface area contributed by atoms with Crippen LogP contribution < -0.4 is 22.1 Å². The van der Waals surface area contributed by atoms with Crippen molar-refractivity contribution in [3.05, 3.63) is 73.0 Å². The molecule has 2 aromatic heterocycles. The molecule has 0 aliphatic carbocycles. The number of hydrogen-bond acceptors (Lipinski definition) is 5. The predicted octanol–water partition coefficient (Wildman–Crippen LogP) is -0.831. The molecule has 0 atom stereocenters. The fraction of sp³-hybridized carbons (Fsp3) is 0.188. The Kier molecular flexibility index (Phi) is 4.29. The summed E-state index contributed by atoms with van der Waals surface area (Å²) in [5, 5.41) is 3.06. The van der Waals surface area contributed by atoms with Crippen LogP contribution in [0.2, 0.25) is 0 Å². The Balaban J connectivity index is 1.73. The van der Waals surface area contributed by atoms with Gasteiger partial charge in [-0.1, -0.05) is 12.1 Å². The van der Waals surface area contributed by atoms with Gasteiger partial charge in [0.1, 0.15) is 5.82 Å². The summed E-state index contributed by atoms with van der Waals surface area (Å²) in [5.41, 5.74) is -0.669. The lowest BCUT2D eigenvalue weighted by Gasteiger charge is -2.06. The molecule has 0 aliphatic heterocycles. The van der Waals surface area contributed by atoms with Gasteiger partial charge in [-0.2, -0.15) is 0 Å². The molecule has 1 amide bonds. The third-order valence-electron chi connectivity index (χ3n) is 3.72. The van der Waals surface area contributed by atoms with Crippen LogP contribution in [-0.4, -0.2) is 25.4 Å². The number of fused-ring (bicyclic) bond motifs is 1. The van der Waals surface area contributed by atoms with Crippen molar-refractivity contribution in [1.29, 1.82) is 0 Å². The Morgan fingerprint density at radius 1 is 1.24 bits per heavy atom. The molecule has 0 radical (unpaired) electrons. The number of benzene rings is 1. The maximum Gasteiger partial charge on any atom is 0.328 e. The first-order valence-corrected chi connectivity index (χ1v) is 7.48. The van der Waals surface area contributed by atoms with Crippen molar-refractivity contribution in [2.75, 3.05) is 0 Å². The van der Waals surface area contributed by atoms with Crippen LogP contribution in [-0.2, 0) is 24.8 Å². The van der Waals surface area contributed by atoms with E-state index >= 15 is 0 Å². The van der Waals surface area contributed by atoms with Gasteiger partial charge in [0.05, 0.1) is 23.9 Å². The van der Waals surface area contributed by atoms with Gasteiger partial charge in [0, 0.05) is 18.8 Å². The normalized spacial score (nSPS) is 10.8. The van der Waals surface area contributed by atoms with Gasteiger partial charge in [-0.25, -0.2) is 9.78 Å². The van der Waals surface area contributed by atoms with Crippen LogP contribution in [0.1, 0.15) is 11.4 Å². The monoisotopic (exact) mass is 341 g/mol. The van der Waals surface area contributed by atoms with E-state index in [0.29, 0.717) is 16.7 Å². The summed E-state index contributed by atoms with van der Waals surface area (Å²) in [5.74, 6) is -0.119. The van der Waals surface area contributed by atoms with E-state index in [2.05, 4.69) is 20.3 Å². The van der Waals surface area contributed by atoms with Crippen LogP contribution in [0.3, 0.4) is 0 Å². The van der Waals surface area contributed by atoms with Crippen LogP contribution >= 0.6 is 0 Å². The molecule has 3 N–H and O–H groups in total. The van der Waals surface area contributed by atoms with E-state index in [1.165, 1.54) is 13.2 Å². The first kappa shape index (κ1) is 16.4. The second-order valence-electron chi connectivity index (χ2n) is 5.47. The van der Waals surface area contributed by atoms with Gasteiger partial charge in [0.2, 0.25) is 5.91 Å². The summed E-state index contributed by atoms with van der Waals surface area (Å²) in [6.07, 6.45) is 1.03. The Labute approximate surface area is 140 Å². The zero-order valence-corrected chi connectivity index (χ0v) is 13.3. The van der Waals surface area contributed by atoms with Crippen molar-refractivity contribution in [3.8, 4) is 0 Å². The number of hydrogen-bond donors (Lipinski definition) is 3. The quantitative estimate of drug-likeness (QED) is 0.570. The van der Waals surface area contributed by atoms with Gasteiger partial charge < -0.3 is 15.3 Å². The minimum atomic E-state index is -0.549. The first-order valence-electron chi connectivity index (χ1n) is 7.48. The van der Waals surface area contributed by atoms with E-state index in [1.807, 2.05) is 0 Å². The second-order valence-corrected chi connectivity index (χ2v) is 5.47. The molecule has 3 aromatic rings. The zero-order chi connectivity index (χ0) is 18.0. The highest BCUT2D eigenvalue weighted by Gasteiger charge is 2.10. The lowest BCUT2D eigenvalue weighted by Crippen LogP contribution is -2.36. The molecule has 9 nitrogen and oxygen atoms in total. The summed E-state index contributed by atoms with van der Waals surface area (Å²) in [4.78, 5) is 56.4. The molecule has 0 aliphatic rings. The Hall–Kier alpha value is -3.49. The summed E-state index contributed by atoms with van der Waals surface area (Å²) in [6.45, 7) is 0.0164. The molecule has 2 heterocycles. The number of nitrogens with zero attached hydrogens (tertiary/aromatic N) is 2. The summed E-state index contributed by atoms with van der Waals surface area (Å²) >= 11 is 0. The van der Waals surface area contributed by atoms with Gasteiger partial charge in [-0.15, -0.1) is 0 Å². The standard InChI is InChI=1S/C16H15N5O4/c1-21-15(24)9(7-18-16(21)25)6-13(22)17-8-12-19-11-5-3-2-4-10(11)14(23)20-12/h2-5,7H,6,8H2,1H3,(H,17,22)(H,18,25)(H,19,20,23). The number of aromatic nitrogens is 4. The van der Waals surface area contributed by atoms with Crippen LogP contribution in [0, 0.1) is 0 Å². The van der Waals surface area contributed by atoms with E-state index < -0.39 is 17.2 Å². The fourth-order valence-corrected chi connectivity index (χ4v) is 2.38. The Morgan fingerprint density at radius 2 is 2.00 bits per heavy atom. The third kappa shape index (κ3) is 3.39. The maximum absolute atomic E-state index is 12.0. The highest BCUT2D eigenvalue weighted by molar-refractivity contribution is 5.79. The average molecular weight is 341 g/mol. The van der Waals surface area contributed by atoms with Gasteiger partial charge in [-0.05, 0) is 12.1 Å². The van der Waals surface area contributed by atoms with E-state index in [-0.39, 0.29) is 24.1 Å². The number of amides is 1. The molecule has 25 heavy (non-hydrogen) atoms. The number of carbonyl (C=O) groups is 1. The number of H-pyrrole nitrogens is 2. The molecule has 0 saturated carbocycles. The molecule has 0 fully saturated rings. The Bertz CT molecular complexity index is 1130. The molecular weight excluding hydrogens is 326 g/mol. The Morgan fingerprint density at radius 3 is 2.80 bits per heavy atom. The number of para-hydroxylation sites is 1. The molecule has 128 valence electrons. The molecule has 0 saturated heterocycles. The van der Waals surface area contributed by atoms with E-state index in [1.54, 1.807) is 24.3 Å². The van der Waals surface area contributed by atoms with Crippen molar-refractivity contribution >= 4 is 16.8 Å². The third-order valence-corrected chi connectivity index (χ3v) is 3.72. The molecular formula is C16H15N5O4. The minimum absolute atomic E-state index is 0.0164. The fourth-order valence-electron chi connectivity index (χ4n) is 2.38. The van der Waals surface area contributed by atoms with E-state index in [9.17, 15) is 19.2 Å². The number of carbonyl (C=O) groups excluding carboxylic acids is 1. The molecule has 1 aromatic carbocycles. The van der Waals surface area contributed by atoms with Crippen LogP contribution in [0.4, 0.5) is 0 Å². The molecule has 9 heteroatoms. The highest BCUT2D eigenvalue weighted by Crippen LogP contribution is 2.05. The van der Waals surface area contributed by atoms with Crippen molar-refractivity contribution in [2.45, 2.75) is 13.0 Å². The predicted molar refractivity (Wildman–Crippen MR) is 90.2 cm³/mol. The summed E-state index contributed by atoms with van der Waals surface area (Å²) in [7, 11) is 1.33. The zero-order valence-electron chi connectivity index (χ0n) is 13.3. The van der Waals surface area contributed by atoms with Gasteiger partial charge >= 0.3 is 5.69 Å². The van der Waals surface area contributed by atoms with Gasteiger partial charge in [0.25, 0.3) is 11.1 Å². The minimum Gasteiger partial charge on any atom is -0.349 e. The largest absolute Gasteiger partial charge is 0.349 e. The average Bonchev–Trinajstić information content (AvgIpc) is 2.60. The molecule has 3 rings (SSSR count). The van der Waals surface area contributed by atoms with Crippen molar-refractivity contribution in [3.63, 3.8) is 0 Å². The smallest absolute Gasteiger partial charge is 0.328 e. The van der Waals surface area contributed by atoms with Crippen LogP contribution in [0.5, 0.6) is 0 Å². The summed E-state index contributed by atoms with van der Waals surface area (Å²) < 4.78 is 0.894. The van der Waals surface area contributed by atoms with Crippen molar-refractivity contribution in [2.24, 2.45) is 7.05 Å². The van der Waals surface area contributed by atoms with Crippen LogP contribution in [0.25, 0.3) is 10.9 Å². The van der Waals surface area contributed by atoms with Gasteiger partial charge in [-0.3, -0.25) is 19.0 Å². The number of rotatable bonds is 4. The number of nitrogens with one attached hydrogen (secondary N) is 3. The maximum atomic E-state index is 12.0. The SMILES string of the molecule is Cn1c(=O)[nH]cc(CC(=O)NCc2nc3ccccc3c(=O)[nH]2)c1=O. The molecule has 0 spiro atoms. The van der Waals surface area contributed by atoms with E-state index in [4.69, 9.17) is 0 Å². The highest BCUT2D eigenvalue weighted by atomic mass is 16.2. The number of aromatic amines is 2. The molecule has 0 bridgehead atoms. The van der Waals surface area contributed by atoms with Crippen LogP contribution in [0.15, 0.2) is 44.8 Å². The lowest BCUT2D eigenvalue weighted by molar-refractivity contribution is -0.120. The lowest BCUT2D eigenvalue weighted by atomic mass is 10.2. The second kappa shape index (κ2) is 6.56. The molecule has 0 unspecified atom stereocenters. The topological polar surface area (TPSA) is 130 Å².